The van der Waals surface area contributed by atoms with E-state index in [2.05, 4.69) is 26.0 Å². The molecule has 0 bridgehead atoms. The Labute approximate surface area is 114 Å². The van der Waals surface area contributed by atoms with Crippen LogP contribution in [-0.4, -0.2) is 6.04 Å². The zero-order valence-corrected chi connectivity index (χ0v) is 11.3. The minimum atomic E-state index is 0.224. The first kappa shape index (κ1) is 12.2. The van der Waals surface area contributed by atoms with Crippen molar-refractivity contribution in [1.82, 2.24) is 0 Å². The summed E-state index contributed by atoms with van der Waals surface area (Å²) in [5.41, 5.74) is 7.63. The van der Waals surface area contributed by atoms with E-state index in [-0.39, 0.29) is 11.5 Å². The van der Waals surface area contributed by atoms with Gasteiger partial charge in [-0.2, -0.15) is 0 Å². The number of hydrogen-bond donors (Lipinski definition) is 1. The topological polar surface area (TPSA) is 35.2 Å². The molecule has 0 unspecified atom stereocenters. The fourth-order valence-corrected chi connectivity index (χ4v) is 2.68. The van der Waals surface area contributed by atoms with Crippen molar-refractivity contribution in [3.8, 4) is 11.5 Å². The second-order valence-corrected chi connectivity index (χ2v) is 5.81. The van der Waals surface area contributed by atoms with Crippen molar-refractivity contribution in [2.45, 2.75) is 25.8 Å². The van der Waals surface area contributed by atoms with E-state index >= 15 is 0 Å². The maximum absolute atomic E-state index is 6.11. The average Bonchev–Trinajstić information content (AvgIpc) is 2.91. The standard InChI is InChI=1S/C17H19NO/c1-17(2)15(16(17)18)12-8-10-14(11-9-12)19-13-6-4-3-5-7-13/h3-11,15-16H,18H2,1-2H3/t15-,16-/m1/s1. The molecule has 0 aromatic heterocycles. The van der Waals surface area contributed by atoms with Crippen LogP contribution in [0.15, 0.2) is 54.6 Å². The Hall–Kier alpha value is -1.80. The highest BCUT2D eigenvalue weighted by Crippen LogP contribution is 2.57. The van der Waals surface area contributed by atoms with Gasteiger partial charge in [0.1, 0.15) is 11.5 Å². The largest absolute Gasteiger partial charge is 0.457 e. The first-order valence-corrected chi connectivity index (χ1v) is 6.67. The van der Waals surface area contributed by atoms with E-state index < -0.39 is 0 Å². The number of ether oxygens (including phenoxy) is 1. The van der Waals surface area contributed by atoms with E-state index in [1.165, 1.54) is 5.56 Å². The zero-order valence-electron chi connectivity index (χ0n) is 11.3. The van der Waals surface area contributed by atoms with Gasteiger partial charge in [0.2, 0.25) is 0 Å². The normalized spacial score (nSPS) is 23.9. The predicted octanol–water partition coefficient (Wildman–Crippen LogP) is 3.93. The van der Waals surface area contributed by atoms with Crippen LogP contribution in [0.25, 0.3) is 0 Å². The minimum Gasteiger partial charge on any atom is -0.457 e. The van der Waals surface area contributed by atoms with Crippen LogP contribution in [0.4, 0.5) is 0 Å². The number of benzene rings is 2. The van der Waals surface area contributed by atoms with Gasteiger partial charge >= 0.3 is 0 Å². The van der Waals surface area contributed by atoms with Gasteiger partial charge in [-0.05, 0) is 35.2 Å². The fraction of sp³-hybridized carbons (Fsp3) is 0.294. The number of hydrogen-bond acceptors (Lipinski definition) is 2. The highest BCUT2D eigenvalue weighted by molar-refractivity contribution is 5.39. The average molecular weight is 253 g/mol. The molecule has 1 saturated carbocycles. The highest BCUT2D eigenvalue weighted by atomic mass is 16.5. The van der Waals surface area contributed by atoms with Crippen LogP contribution in [0.3, 0.4) is 0 Å². The Morgan fingerprint density at radius 1 is 0.895 bits per heavy atom. The lowest BCUT2D eigenvalue weighted by atomic mass is 10.0. The molecule has 0 radical (unpaired) electrons. The Morgan fingerprint density at radius 2 is 1.42 bits per heavy atom. The molecule has 0 aliphatic heterocycles. The van der Waals surface area contributed by atoms with Crippen molar-refractivity contribution in [3.63, 3.8) is 0 Å². The lowest BCUT2D eigenvalue weighted by molar-refractivity contribution is 0.482. The molecule has 1 aliphatic carbocycles. The second kappa shape index (κ2) is 4.39. The van der Waals surface area contributed by atoms with Gasteiger partial charge in [-0.3, -0.25) is 0 Å². The first-order chi connectivity index (χ1) is 9.09. The highest BCUT2D eigenvalue weighted by Gasteiger charge is 2.55. The number of nitrogens with two attached hydrogens (primary N) is 1. The van der Waals surface area contributed by atoms with Crippen molar-refractivity contribution >= 4 is 0 Å². The van der Waals surface area contributed by atoms with Gasteiger partial charge in [0.05, 0.1) is 0 Å². The van der Waals surface area contributed by atoms with Crippen molar-refractivity contribution < 1.29 is 4.74 Å². The molecule has 2 N–H and O–H groups in total. The van der Waals surface area contributed by atoms with Crippen molar-refractivity contribution in [2.75, 3.05) is 0 Å². The molecule has 2 heteroatoms. The summed E-state index contributed by atoms with van der Waals surface area (Å²) in [6.45, 7) is 4.44. The van der Waals surface area contributed by atoms with Crippen LogP contribution in [0.1, 0.15) is 25.3 Å². The van der Waals surface area contributed by atoms with Crippen molar-refractivity contribution in [2.24, 2.45) is 11.1 Å². The summed E-state index contributed by atoms with van der Waals surface area (Å²) in [5.74, 6) is 2.19. The predicted molar refractivity (Wildman–Crippen MR) is 77.5 cm³/mol. The molecule has 2 aromatic rings. The van der Waals surface area contributed by atoms with E-state index in [0.29, 0.717) is 5.92 Å². The maximum atomic E-state index is 6.11. The monoisotopic (exact) mass is 253 g/mol. The molecule has 2 aromatic carbocycles. The molecule has 3 rings (SSSR count). The third kappa shape index (κ3) is 2.24. The third-order valence-electron chi connectivity index (χ3n) is 4.13. The number of rotatable bonds is 3. The Balaban J connectivity index is 1.74. The molecular weight excluding hydrogens is 234 g/mol. The summed E-state index contributed by atoms with van der Waals surface area (Å²) in [5, 5.41) is 0. The van der Waals surface area contributed by atoms with Gasteiger partial charge in [0.25, 0.3) is 0 Å². The third-order valence-corrected chi connectivity index (χ3v) is 4.13. The molecule has 1 aliphatic rings. The quantitative estimate of drug-likeness (QED) is 0.899. The fourth-order valence-electron chi connectivity index (χ4n) is 2.68. The lowest BCUT2D eigenvalue weighted by Crippen LogP contribution is -2.06. The molecular formula is C17H19NO. The zero-order chi connectivity index (χ0) is 13.5. The van der Waals surface area contributed by atoms with E-state index in [1.807, 2.05) is 42.5 Å². The van der Waals surface area contributed by atoms with E-state index in [4.69, 9.17) is 10.5 Å². The van der Waals surface area contributed by atoms with E-state index in [9.17, 15) is 0 Å². The van der Waals surface area contributed by atoms with E-state index in [0.717, 1.165) is 11.5 Å². The molecule has 0 heterocycles. The van der Waals surface area contributed by atoms with Crippen molar-refractivity contribution in [3.05, 3.63) is 60.2 Å². The molecule has 2 atom stereocenters. The molecule has 0 saturated heterocycles. The second-order valence-electron chi connectivity index (χ2n) is 5.81. The first-order valence-electron chi connectivity index (χ1n) is 6.67. The van der Waals surface area contributed by atoms with E-state index in [1.54, 1.807) is 0 Å². The van der Waals surface area contributed by atoms with Gasteiger partial charge in [-0.1, -0.05) is 44.2 Å². The molecule has 19 heavy (non-hydrogen) atoms. The summed E-state index contributed by atoms with van der Waals surface area (Å²) in [7, 11) is 0. The summed E-state index contributed by atoms with van der Waals surface area (Å²) < 4.78 is 5.78. The van der Waals surface area contributed by atoms with Crippen molar-refractivity contribution in [1.29, 1.82) is 0 Å². The van der Waals surface area contributed by atoms with Crippen LogP contribution >= 0.6 is 0 Å². The summed E-state index contributed by atoms with van der Waals surface area (Å²) in [4.78, 5) is 0. The maximum Gasteiger partial charge on any atom is 0.127 e. The molecule has 1 fully saturated rings. The van der Waals surface area contributed by atoms with Crippen LogP contribution in [-0.2, 0) is 0 Å². The summed E-state index contributed by atoms with van der Waals surface area (Å²) >= 11 is 0. The smallest absolute Gasteiger partial charge is 0.127 e. The van der Waals surface area contributed by atoms with Crippen LogP contribution in [0.2, 0.25) is 0 Å². The Bertz CT molecular complexity index is 560. The van der Waals surface area contributed by atoms with Gasteiger partial charge in [0, 0.05) is 12.0 Å². The molecule has 2 nitrogen and oxygen atoms in total. The lowest BCUT2D eigenvalue weighted by Gasteiger charge is -2.07. The van der Waals surface area contributed by atoms with Gasteiger partial charge in [-0.15, -0.1) is 0 Å². The van der Waals surface area contributed by atoms with Gasteiger partial charge in [-0.25, -0.2) is 0 Å². The Morgan fingerprint density at radius 3 is 1.95 bits per heavy atom. The minimum absolute atomic E-state index is 0.224. The van der Waals surface area contributed by atoms with Gasteiger partial charge in [0.15, 0.2) is 0 Å². The van der Waals surface area contributed by atoms with Crippen LogP contribution in [0, 0.1) is 5.41 Å². The summed E-state index contributed by atoms with van der Waals surface area (Å²) in [6, 6.07) is 18.4. The molecule has 0 amide bonds. The molecule has 0 spiro atoms. The van der Waals surface area contributed by atoms with Gasteiger partial charge < -0.3 is 10.5 Å². The van der Waals surface area contributed by atoms with Crippen LogP contribution in [0.5, 0.6) is 11.5 Å². The Kier molecular flexibility index (Phi) is 2.83. The van der Waals surface area contributed by atoms with Crippen LogP contribution < -0.4 is 10.5 Å². The molecule has 98 valence electrons. The SMILES string of the molecule is CC1(C)[C@H](N)[C@H]1c1ccc(Oc2ccccc2)cc1. The summed E-state index contributed by atoms with van der Waals surface area (Å²) in [6.07, 6.45) is 0. The number of para-hydroxylation sites is 1.